The monoisotopic (exact) mass is 310 g/mol. The van der Waals surface area contributed by atoms with E-state index < -0.39 is 5.60 Å². The second-order valence-electron chi connectivity index (χ2n) is 5.91. The summed E-state index contributed by atoms with van der Waals surface area (Å²) in [6.45, 7) is 1.93. The highest BCUT2D eigenvalue weighted by atomic mass is 16.3. The average molecular weight is 310 g/mol. The fourth-order valence-electron chi connectivity index (χ4n) is 2.93. The molecule has 1 aliphatic heterocycles. The molecule has 1 atom stereocenters. The smallest absolute Gasteiger partial charge is 0.162 e. The van der Waals surface area contributed by atoms with Crippen molar-refractivity contribution in [3.63, 3.8) is 0 Å². The summed E-state index contributed by atoms with van der Waals surface area (Å²) in [6, 6.07) is 9.82. The van der Waals surface area contributed by atoms with Gasteiger partial charge < -0.3 is 15.0 Å². The molecule has 2 aromatic heterocycles. The summed E-state index contributed by atoms with van der Waals surface area (Å²) in [7, 11) is 0. The Morgan fingerprint density at radius 3 is 2.91 bits per heavy atom. The van der Waals surface area contributed by atoms with Gasteiger partial charge in [-0.3, -0.25) is 0 Å². The van der Waals surface area contributed by atoms with Crippen LogP contribution in [0.4, 0.5) is 0 Å². The lowest BCUT2D eigenvalue weighted by atomic mass is 10.0. The lowest BCUT2D eigenvalue weighted by molar-refractivity contribution is 0.0436. The largest absolute Gasteiger partial charge is 0.387 e. The second-order valence-corrected chi connectivity index (χ2v) is 5.91. The van der Waals surface area contributed by atoms with Gasteiger partial charge in [0, 0.05) is 18.9 Å². The van der Waals surface area contributed by atoms with Crippen LogP contribution in [0.15, 0.2) is 48.9 Å². The van der Waals surface area contributed by atoms with Gasteiger partial charge in [0.15, 0.2) is 5.82 Å². The number of imidazole rings is 1. The molecule has 0 spiro atoms. The van der Waals surface area contributed by atoms with Crippen LogP contribution in [0.3, 0.4) is 0 Å². The number of nitrogens with zero attached hydrogens (tertiary/aromatic N) is 5. The number of hydrogen-bond donors (Lipinski definition) is 2. The van der Waals surface area contributed by atoms with Crippen LogP contribution in [0.2, 0.25) is 0 Å². The summed E-state index contributed by atoms with van der Waals surface area (Å²) in [4.78, 5) is 4.38. The number of hydrogen-bond acceptors (Lipinski definition) is 5. The molecular weight excluding hydrogens is 292 g/mol. The molecule has 0 amide bonds. The van der Waals surface area contributed by atoms with Crippen molar-refractivity contribution in [2.45, 2.75) is 18.6 Å². The van der Waals surface area contributed by atoms with E-state index in [0.717, 1.165) is 18.7 Å². The van der Waals surface area contributed by atoms with Gasteiger partial charge in [-0.25, -0.2) is 9.67 Å². The van der Waals surface area contributed by atoms with E-state index in [9.17, 15) is 5.11 Å². The summed E-state index contributed by atoms with van der Waals surface area (Å²) < 4.78 is 3.66. The molecule has 0 saturated carbocycles. The molecular formula is C16H18N6O. The van der Waals surface area contributed by atoms with Gasteiger partial charge >= 0.3 is 0 Å². The van der Waals surface area contributed by atoms with E-state index in [1.54, 1.807) is 10.9 Å². The van der Waals surface area contributed by atoms with Crippen LogP contribution in [-0.4, -0.2) is 48.3 Å². The Morgan fingerprint density at radius 1 is 1.26 bits per heavy atom. The number of aliphatic hydroxyl groups is 1. The van der Waals surface area contributed by atoms with Crippen LogP contribution in [-0.2, 0) is 6.54 Å². The number of aromatic nitrogens is 5. The zero-order chi connectivity index (χ0) is 15.7. The highest BCUT2D eigenvalue weighted by molar-refractivity contribution is 5.49. The zero-order valence-corrected chi connectivity index (χ0v) is 12.6. The normalized spacial score (nSPS) is 20.9. The van der Waals surface area contributed by atoms with Crippen molar-refractivity contribution in [2.75, 3.05) is 13.1 Å². The molecule has 0 aliphatic carbocycles. The Labute approximate surface area is 133 Å². The molecule has 1 saturated heterocycles. The lowest BCUT2D eigenvalue weighted by Gasteiger charge is -2.22. The minimum atomic E-state index is -0.731. The number of para-hydroxylation sites is 1. The van der Waals surface area contributed by atoms with Gasteiger partial charge in [0.25, 0.3) is 0 Å². The van der Waals surface area contributed by atoms with Crippen LogP contribution in [0.25, 0.3) is 17.2 Å². The van der Waals surface area contributed by atoms with E-state index in [-0.39, 0.29) is 0 Å². The van der Waals surface area contributed by atoms with Crippen molar-refractivity contribution >= 4 is 0 Å². The molecule has 1 aromatic carbocycles. The summed E-state index contributed by atoms with van der Waals surface area (Å²) >= 11 is 0. The third-order valence-corrected chi connectivity index (χ3v) is 4.14. The first-order valence-electron chi connectivity index (χ1n) is 7.66. The Morgan fingerprint density at radius 2 is 2.13 bits per heavy atom. The average Bonchev–Trinajstić information content (AvgIpc) is 3.29. The number of β-amino-alcohol motifs (C(OH)–C–C–N with tert-alkyl or cyclic N) is 1. The van der Waals surface area contributed by atoms with E-state index in [0.29, 0.717) is 24.6 Å². The molecule has 7 nitrogen and oxygen atoms in total. The third kappa shape index (κ3) is 2.76. The highest BCUT2D eigenvalue weighted by Crippen LogP contribution is 2.22. The van der Waals surface area contributed by atoms with Gasteiger partial charge in [0.2, 0.25) is 0 Å². The Balaban J connectivity index is 1.62. The zero-order valence-electron chi connectivity index (χ0n) is 12.6. The van der Waals surface area contributed by atoms with Crippen LogP contribution in [0, 0.1) is 0 Å². The minimum absolute atomic E-state index is 0.494. The van der Waals surface area contributed by atoms with E-state index in [2.05, 4.69) is 20.6 Å². The van der Waals surface area contributed by atoms with Crippen LogP contribution >= 0.6 is 0 Å². The van der Waals surface area contributed by atoms with Gasteiger partial charge in [-0.2, -0.15) is 0 Å². The Hall–Kier alpha value is -2.51. The number of benzene rings is 1. The Bertz CT molecular complexity index is 788. The van der Waals surface area contributed by atoms with E-state index in [1.807, 2.05) is 47.3 Å². The van der Waals surface area contributed by atoms with Crippen molar-refractivity contribution in [1.82, 2.24) is 29.9 Å². The van der Waals surface area contributed by atoms with Crippen LogP contribution in [0.1, 0.15) is 6.42 Å². The molecule has 2 N–H and O–H groups in total. The van der Waals surface area contributed by atoms with E-state index in [1.165, 1.54) is 0 Å². The first-order chi connectivity index (χ1) is 11.2. The number of nitrogens with one attached hydrogen (secondary N) is 1. The summed E-state index contributed by atoms with van der Waals surface area (Å²) in [5.74, 6) is 0.715. The van der Waals surface area contributed by atoms with Gasteiger partial charge in [-0.15, -0.1) is 5.10 Å². The highest BCUT2D eigenvalue weighted by Gasteiger charge is 2.32. The molecule has 1 unspecified atom stereocenters. The van der Waals surface area contributed by atoms with Gasteiger partial charge in [0.05, 0.1) is 24.0 Å². The van der Waals surface area contributed by atoms with Crippen molar-refractivity contribution in [1.29, 1.82) is 0 Å². The molecule has 23 heavy (non-hydrogen) atoms. The first-order valence-corrected chi connectivity index (χ1v) is 7.66. The lowest BCUT2D eigenvalue weighted by Crippen LogP contribution is -2.36. The molecule has 3 heterocycles. The maximum atomic E-state index is 10.6. The predicted molar refractivity (Wildman–Crippen MR) is 85.0 cm³/mol. The van der Waals surface area contributed by atoms with Gasteiger partial charge in [0.1, 0.15) is 5.69 Å². The van der Waals surface area contributed by atoms with Crippen molar-refractivity contribution in [2.24, 2.45) is 0 Å². The second kappa shape index (κ2) is 5.60. The van der Waals surface area contributed by atoms with Crippen LogP contribution < -0.4 is 5.32 Å². The maximum Gasteiger partial charge on any atom is 0.162 e. The fraction of sp³-hybridized carbons (Fsp3) is 0.312. The standard InChI is InChI=1S/C16H18N6O/c23-16(6-7-17-11-16)12-21-9-8-18-15(21)14-10-22(20-19-14)13-4-2-1-3-5-13/h1-5,8-10,17,23H,6-7,11-12H2. The summed E-state index contributed by atoms with van der Waals surface area (Å²) in [6.07, 6.45) is 6.18. The van der Waals surface area contributed by atoms with E-state index >= 15 is 0 Å². The maximum absolute atomic E-state index is 10.6. The van der Waals surface area contributed by atoms with Crippen LogP contribution in [0.5, 0.6) is 0 Å². The van der Waals surface area contributed by atoms with Crippen molar-refractivity contribution in [3.05, 3.63) is 48.9 Å². The van der Waals surface area contributed by atoms with Crippen molar-refractivity contribution in [3.8, 4) is 17.2 Å². The van der Waals surface area contributed by atoms with Gasteiger partial charge in [-0.1, -0.05) is 23.4 Å². The SMILES string of the molecule is OC1(Cn2ccnc2-c2cn(-c3ccccc3)nn2)CCNC1. The molecule has 0 bridgehead atoms. The third-order valence-electron chi connectivity index (χ3n) is 4.14. The van der Waals surface area contributed by atoms with Crippen molar-refractivity contribution < 1.29 is 5.11 Å². The molecule has 7 heteroatoms. The molecule has 118 valence electrons. The molecule has 0 radical (unpaired) electrons. The number of rotatable bonds is 4. The predicted octanol–water partition coefficient (Wildman–Crippen LogP) is 0.855. The topological polar surface area (TPSA) is 80.8 Å². The summed E-state index contributed by atoms with van der Waals surface area (Å²) in [5.41, 5.74) is 0.904. The summed E-state index contributed by atoms with van der Waals surface area (Å²) in [5, 5.41) is 22.2. The van der Waals surface area contributed by atoms with E-state index in [4.69, 9.17) is 0 Å². The minimum Gasteiger partial charge on any atom is -0.387 e. The van der Waals surface area contributed by atoms with Gasteiger partial charge in [-0.05, 0) is 25.1 Å². The molecule has 1 fully saturated rings. The molecule has 1 aliphatic rings. The quantitative estimate of drug-likeness (QED) is 0.747. The fourth-order valence-corrected chi connectivity index (χ4v) is 2.93. The first kappa shape index (κ1) is 14.1. The molecule has 3 aromatic rings. The Kier molecular flexibility index (Phi) is 3.44. The molecule has 4 rings (SSSR count).